The van der Waals surface area contributed by atoms with Crippen LogP contribution in [0.15, 0.2) is 0 Å². The highest BCUT2D eigenvalue weighted by molar-refractivity contribution is 7.99. The van der Waals surface area contributed by atoms with Gasteiger partial charge in [0.2, 0.25) is 11.0 Å². The number of aromatic nitrogens is 2. The highest BCUT2D eigenvalue weighted by Gasteiger charge is 2.07. The van der Waals surface area contributed by atoms with Crippen molar-refractivity contribution >= 4 is 34.1 Å². The summed E-state index contributed by atoms with van der Waals surface area (Å²) in [6.07, 6.45) is 1.34. The van der Waals surface area contributed by atoms with Crippen molar-refractivity contribution in [1.29, 1.82) is 5.26 Å². The Hall–Kier alpha value is -1.17. The summed E-state index contributed by atoms with van der Waals surface area (Å²) < 4.78 is 4.91. The number of unbranched alkanes of at least 4 members (excludes halogenated alkanes) is 1. The summed E-state index contributed by atoms with van der Waals surface area (Å²) in [6.45, 7) is 0.399. The maximum Gasteiger partial charge on any atom is 0.236 e. The van der Waals surface area contributed by atoms with Crippen LogP contribution in [0.1, 0.15) is 17.8 Å². The maximum atomic E-state index is 11.5. The monoisotopic (exact) mass is 286 g/mol. The highest BCUT2D eigenvalue weighted by Crippen LogP contribution is 2.16. The lowest BCUT2D eigenvalue weighted by molar-refractivity contribution is -0.113. The molecule has 1 rings (SSSR count). The summed E-state index contributed by atoms with van der Waals surface area (Å²) in [4.78, 5) is 11.5. The minimum absolute atomic E-state index is 0.0999. The lowest BCUT2D eigenvalue weighted by Gasteiger charge is -2.00. The quantitative estimate of drug-likeness (QED) is 0.731. The van der Waals surface area contributed by atoms with Crippen molar-refractivity contribution in [3.63, 3.8) is 0 Å². The lowest BCUT2D eigenvalue weighted by Crippen LogP contribution is -2.14. The van der Waals surface area contributed by atoms with Crippen molar-refractivity contribution in [3.8, 4) is 6.07 Å². The molecule has 1 amide bonds. The molecule has 0 spiro atoms. The van der Waals surface area contributed by atoms with Crippen molar-refractivity contribution in [2.24, 2.45) is 0 Å². The SMILES string of the molecule is COCc1nnc(NC(=O)CSCCCC#N)s1. The topological polar surface area (TPSA) is 87.9 Å². The van der Waals surface area contributed by atoms with E-state index in [1.807, 2.05) is 0 Å². The number of carbonyl (C=O) groups is 1. The molecular formula is C10H14N4O2S2. The van der Waals surface area contributed by atoms with Crippen LogP contribution in [0.4, 0.5) is 5.13 Å². The minimum atomic E-state index is -0.0999. The van der Waals surface area contributed by atoms with Gasteiger partial charge >= 0.3 is 0 Å². The van der Waals surface area contributed by atoms with Crippen LogP contribution in [0, 0.1) is 11.3 Å². The molecule has 0 aliphatic carbocycles. The average molecular weight is 286 g/mol. The Morgan fingerprint density at radius 3 is 3.17 bits per heavy atom. The second-order valence-electron chi connectivity index (χ2n) is 3.30. The Labute approximate surface area is 114 Å². The molecule has 6 nitrogen and oxygen atoms in total. The average Bonchev–Trinajstić information content (AvgIpc) is 2.77. The molecule has 0 aromatic carbocycles. The van der Waals surface area contributed by atoms with E-state index in [0.29, 0.717) is 23.9 Å². The van der Waals surface area contributed by atoms with E-state index in [1.165, 1.54) is 23.1 Å². The van der Waals surface area contributed by atoms with Gasteiger partial charge in [-0.25, -0.2) is 0 Å². The zero-order valence-corrected chi connectivity index (χ0v) is 11.6. The highest BCUT2D eigenvalue weighted by atomic mass is 32.2. The molecule has 18 heavy (non-hydrogen) atoms. The number of hydrogen-bond acceptors (Lipinski definition) is 7. The summed E-state index contributed by atoms with van der Waals surface area (Å²) in [5, 5.41) is 20.0. The van der Waals surface area contributed by atoms with E-state index in [1.54, 1.807) is 7.11 Å². The third kappa shape index (κ3) is 5.95. The number of nitrogens with zero attached hydrogens (tertiary/aromatic N) is 3. The lowest BCUT2D eigenvalue weighted by atomic mass is 10.4. The number of hydrogen-bond donors (Lipinski definition) is 1. The number of carbonyl (C=O) groups excluding carboxylic acids is 1. The molecule has 1 aromatic rings. The van der Waals surface area contributed by atoms with Gasteiger partial charge in [0.1, 0.15) is 11.6 Å². The van der Waals surface area contributed by atoms with E-state index in [0.717, 1.165) is 17.2 Å². The van der Waals surface area contributed by atoms with Gasteiger partial charge < -0.3 is 4.74 Å². The van der Waals surface area contributed by atoms with Crippen LogP contribution in [0.2, 0.25) is 0 Å². The van der Waals surface area contributed by atoms with Crippen LogP contribution >= 0.6 is 23.1 Å². The van der Waals surface area contributed by atoms with E-state index in [2.05, 4.69) is 21.6 Å². The van der Waals surface area contributed by atoms with Crippen LogP contribution in [-0.4, -0.2) is 34.7 Å². The van der Waals surface area contributed by atoms with Gasteiger partial charge in [-0.05, 0) is 12.2 Å². The maximum absolute atomic E-state index is 11.5. The number of ether oxygens (including phenoxy) is 1. The van der Waals surface area contributed by atoms with Crippen LogP contribution < -0.4 is 5.32 Å². The van der Waals surface area contributed by atoms with E-state index >= 15 is 0 Å². The molecule has 0 saturated heterocycles. The van der Waals surface area contributed by atoms with Crippen molar-refractivity contribution in [1.82, 2.24) is 10.2 Å². The van der Waals surface area contributed by atoms with Gasteiger partial charge in [-0.3, -0.25) is 10.1 Å². The molecule has 0 unspecified atom stereocenters. The van der Waals surface area contributed by atoms with Gasteiger partial charge in [0.15, 0.2) is 0 Å². The Bertz CT molecular complexity index is 416. The first-order valence-electron chi connectivity index (χ1n) is 5.32. The predicted molar refractivity (Wildman–Crippen MR) is 71.4 cm³/mol. The zero-order chi connectivity index (χ0) is 13.2. The molecule has 8 heteroatoms. The minimum Gasteiger partial charge on any atom is -0.377 e. The van der Waals surface area contributed by atoms with E-state index < -0.39 is 0 Å². The Morgan fingerprint density at radius 2 is 2.44 bits per heavy atom. The first-order chi connectivity index (χ1) is 8.76. The van der Waals surface area contributed by atoms with Crippen LogP contribution in [0.25, 0.3) is 0 Å². The van der Waals surface area contributed by atoms with Crippen molar-refractivity contribution in [3.05, 3.63) is 5.01 Å². The molecule has 0 fully saturated rings. The van der Waals surface area contributed by atoms with E-state index in [9.17, 15) is 4.79 Å². The van der Waals surface area contributed by atoms with Gasteiger partial charge in [-0.2, -0.15) is 17.0 Å². The third-order valence-electron chi connectivity index (χ3n) is 1.79. The molecule has 0 atom stereocenters. The molecule has 1 N–H and O–H groups in total. The molecular weight excluding hydrogens is 272 g/mol. The van der Waals surface area contributed by atoms with Gasteiger partial charge in [0.25, 0.3) is 0 Å². The Balaban J connectivity index is 2.20. The first kappa shape index (κ1) is 14.9. The Kier molecular flexibility index (Phi) is 7.32. The first-order valence-corrected chi connectivity index (χ1v) is 7.29. The fraction of sp³-hybridized carbons (Fsp3) is 0.600. The zero-order valence-electron chi connectivity index (χ0n) is 10.0. The summed E-state index contributed by atoms with van der Waals surface area (Å²) in [5.41, 5.74) is 0. The molecule has 0 saturated carbocycles. The number of thioether (sulfide) groups is 1. The molecule has 0 aliphatic rings. The van der Waals surface area contributed by atoms with Crippen molar-refractivity contribution in [2.75, 3.05) is 23.9 Å². The molecule has 1 aromatic heterocycles. The fourth-order valence-electron chi connectivity index (χ4n) is 1.06. The van der Waals surface area contributed by atoms with Crippen LogP contribution in [-0.2, 0) is 16.1 Å². The predicted octanol–water partition coefficient (Wildman–Crippen LogP) is 1.66. The summed E-state index contributed by atoms with van der Waals surface area (Å²) in [6, 6.07) is 2.07. The summed E-state index contributed by atoms with van der Waals surface area (Å²) in [5.74, 6) is 1.08. The largest absolute Gasteiger partial charge is 0.377 e. The second kappa shape index (κ2) is 8.85. The summed E-state index contributed by atoms with van der Waals surface area (Å²) >= 11 is 2.81. The van der Waals surface area contributed by atoms with Crippen molar-refractivity contribution < 1.29 is 9.53 Å². The van der Waals surface area contributed by atoms with Crippen LogP contribution in [0.5, 0.6) is 0 Å². The second-order valence-corrected chi connectivity index (χ2v) is 5.46. The fourth-order valence-corrected chi connectivity index (χ4v) is 2.54. The standard InChI is InChI=1S/C10H14N4O2S2/c1-16-6-9-13-14-10(18-9)12-8(15)7-17-5-3-2-4-11/h2-3,5-7H2,1H3,(H,12,14,15). The molecule has 98 valence electrons. The number of amides is 1. The van der Waals surface area contributed by atoms with Crippen molar-refractivity contribution in [2.45, 2.75) is 19.4 Å². The number of anilines is 1. The molecule has 0 radical (unpaired) electrons. The van der Waals surface area contributed by atoms with Gasteiger partial charge in [-0.1, -0.05) is 11.3 Å². The normalized spacial score (nSPS) is 10.0. The molecule has 0 bridgehead atoms. The van der Waals surface area contributed by atoms with Gasteiger partial charge in [-0.15, -0.1) is 10.2 Å². The van der Waals surface area contributed by atoms with Gasteiger partial charge in [0, 0.05) is 13.5 Å². The number of nitrogens with one attached hydrogen (secondary N) is 1. The summed E-state index contributed by atoms with van der Waals surface area (Å²) in [7, 11) is 1.58. The van der Waals surface area contributed by atoms with E-state index in [4.69, 9.17) is 10.00 Å². The van der Waals surface area contributed by atoms with E-state index in [-0.39, 0.29) is 5.91 Å². The van der Waals surface area contributed by atoms with Gasteiger partial charge in [0.05, 0.1) is 11.8 Å². The third-order valence-corrected chi connectivity index (χ3v) is 3.65. The number of nitriles is 1. The molecule has 1 heterocycles. The number of rotatable bonds is 8. The number of methoxy groups -OCH3 is 1. The Morgan fingerprint density at radius 1 is 1.61 bits per heavy atom. The smallest absolute Gasteiger partial charge is 0.236 e. The molecule has 0 aliphatic heterocycles. The van der Waals surface area contributed by atoms with Crippen LogP contribution in [0.3, 0.4) is 0 Å².